The van der Waals surface area contributed by atoms with E-state index in [0.717, 1.165) is 12.1 Å². The topological polar surface area (TPSA) is 159 Å². The molecule has 4 aromatic rings. The lowest BCUT2D eigenvalue weighted by atomic mass is 9.98. The maximum absolute atomic E-state index is 13.3. The maximum Gasteiger partial charge on any atom is 0.266 e. The number of primary amides is 1. The van der Waals surface area contributed by atoms with Gasteiger partial charge in [0.2, 0.25) is 5.95 Å². The number of aryl methyl sites for hydroxylation is 1. The predicted octanol–water partition coefficient (Wildman–Crippen LogP) is 2.06. The summed E-state index contributed by atoms with van der Waals surface area (Å²) >= 11 is 1.39. The third-order valence-electron chi connectivity index (χ3n) is 5.68. The summed E-state index contributed by atoms with van der Waals surface area (Å²) in [6, 6.07) is 5.21. The Labute approximate surface area is 192 Å². The molecule has 170 valence electrons. The second kappa shape index (κ2) is 7.85. The van der Waals surface area contributed by atoms with Gasteiger partial charge < -0.3 is 16.0 Å². The zero-order valence-corrected chi connectivity index (χ0v) is 18.8. The molecule has 1 aliphatic rings. The van der Waals surface area contributed by atoms with Crippen LogP contribution >= 0.6 is 11.3 Å². The molecule has 33 heavy (non-hydrogen) atoms. The fraction of sp³-hybridized carbons (Fsp3) is 0.300. The van der Waals surface area contributed by atoms with Crippen LogP contribution in [-0.2, 0) is 4.79 Å². The molecule has 4 aromatic heterocycles. The summed E-state index contributed by atoms with van der Waals surface area (Å²) in [4.78, 5) is 35.6. The molecular formula is C20H22N10O2S. The third kappa shape index (κ3) is 3.75. The Balaban J connectivity index is 1.48. The lowest BCUT2D eigenvalue weighted by Crippen LogP contribution is -2.51. The van der Waals surface area contributed by atoms with Crippen molar-refractivity contribution in [2.75, 3.05) is 22.1 Å². The molecule has 12 nitrogen and oxygen atoms in total. The summed E-state index contributed by atoms with van der Waals surface area (Å²) in [7, 11) is 0. The van der Waals surface area contributed by atoms with Gasteiger partial charge in [-0.25, -0.2) is 9.50 Å². The molecule has 0 aromatic carbocycles. The van der Waals surface area contributed by atoms with Crippen LogP contribution in [0, 0.1) is 6.92 Å². The van der Waals surface area contributed by atoms with E-state index in [-0.39, 0.29) is 11.6 Å². The molecule has 2 amide bonds. The van der Waals surface area contributed by atoms with Crippen LogP contribution in [-0.4, -0.2) is 53.7 Å². The van der Waals surface area contributed by atoms with Crippen molar-refractivity contribution in [3.8, 4) is 0 Å². The van der Waals surface area contributed by atoms with Crippen molar-refractivity contribution >= 4 is 51.4 Å². The third-order valence-corrected chi connectivity index (χ3v) is 6.56. The van der Waals surface area contributed by atoms with Gasteiger partial charge in [-0.2, -0.15) is 10.1 Å². The zero-order chi connectivity index (χ0) is 23.2. The number of carbonyl (C=O) groups excluding carboxylic acids is 2. The highest BCUT2D eigenvalue weighted by atomic mass is 32.1. The largest absolute Gasteiger partial charge is 0.364 e. The molecule has 0 saturated carbocycles. The lowest BCUT2D eigenvalue weighted by molar-refractivity contribution is -0.120. The number of thiazole rings is 1. The van der Waals surface area contributed by atoms with E-state index in [1.165, 1.54) is 17.4 Å². The molecule has 0 aliphatic carbocycles. The number of nitrogens with one attached hydrogen (secondary N) is 3. The first-order valence-corrected chi connectivity index (χ1v) is 11.2. The van der Waals surface area contributed by atoms with Gasteiger partial charge in [-0.15, -0.1) is 16.4 Å². The van der Waals surface area contributed by atoms with Crippen LogP contribution in [0.4, 0.5) is 22.7 Å². The Morgan fingerprint density at radius 2 is 2.18 bits per heavy atom. The highest BCUT2D eigenvalue weighted by Crippen LogP contribution is 2.35. The monoisotopic (exact) mass is 466 g/mol. The second-order valence-electron chi connectivity index (χ2n) is 8.03. The summed E-state index contributed by atoms with van der Waals surface area (Å²) in [5.41, 5.74) is 6.21. The van der Waals surface area contributed by atoms with Gasteiger partial charge in [0.1, 0.15) is 16.7 Å². The van der Waals surface area contributed by atoms with Gasteiger partial charge >= 0.3 is 0 Å². The van der Waals surface area contributed by atoms with Crippen molar-refractivity contribution in [1.82, 2.24) is 29.8 Å². The molecule has 0 unspecified atom stereocenters. The number of nitrogens with zero attached hydrogens (tertiary/aromatic N) is 6. The standard InChI is InChI=1S/C20H22N10O2S/c1-11-10-33-19(22-11)25-17(32)20(2)6-4-7-29(20)18-24-16(13-5-3-8-30(13)28-18)23-14-9-12(15(21)31)26-27-14/h3,5,8-10H,4,6-7H2,1-2H3,(H2,21,31)(H,22,25,32)(H2,23,24,26,27,28)/t20-/m0/s1. The number of fused-ring (bicyclic) bond motifs is 1. The van der Waals surface area contributed by atoms with E-state index in [1.54, 1.807) is 10.7 Å². The Hall–Kier alpha value is -4.00. The number of aromatic amines is 1. The fourth-order valence-electron chi connectivity index (χ4n) is 3.93. The molecule has 5 heterocycles. The molecule has 1 atom stereocenters. The average Bonchev–Trinajstić information content (AvgIpc) is 3.55. The first-order chi connectivity index (χ1) is 15.8. The summed E-state index contributed by atoms with van der Waals surface area (Å²) in [5, 5.41) is 19.8. The number of aromatic nitrogens is 6. The minimum Gasteiger partial charge on any atom is -0.364 e. The van der Waals surface area contributed by atoms with Crippen LogP contribution in [0.1, 0.15) is 35.9 Å². The summed E-state index contributed by atoms with van der Waals surface area (Å²) in [6.45, 7) is 4.40. The fourth-order valence-corrected chi connectivity index (χ4v) is 4.61. The molecule has 0 radical (unpaired) electrons. The second-order valence-corrected chi connectivity index (χ2v) is 8.89. The van der Waals surface area contributed by atoms with E-state index in [4.69, 9.17) is 10.7 Å². The Morgan fingerprint density at radius 1 is 1.33 bits per heavy atom. The number of H-pyrrole nitrogens is 1. The molecule has 0 spiro atoms. The highest BCUT2D eigenvalue weighted by Gasteiger charge is 2.45. The van der Waals surface area contributed by atoms with Crippen LogP contribution in [0.3, 0.4) is 0 Å². The smallest absolute Gasteiger partial charge is 0.266 e. The average molecular weight is 467 g/mol. The van der Waals surface area contributed by atoms with Crippen LogP contribution in [0.15, 0.2) is 29.8 Å². The van der Waals surface area contributed by atoms with Gasteiger partial charge in [-0.05, 0) is 38.8 Å². The van der Waals surface area contributed by atoms with Crippen LogP contribution < -0.4 is 21.3 Å². The van der Waals surface area contributed by atoms with Crippen molar-refractivity contribution in [1.29, 1.82) is 0 Å². The Morgan fingerprint density at radius 3 is 2.91 bits per heavy atom. The summed E-state index contributed by atoms with van der Waals surface area (Å²) < 4.78 is 1.69. The van der Waals surface area contributed by atoms with Gasteiger partial charge in [0.05, 0.1) is 5.69 Å². The van der Waals surface area contributed by atoms with Crippen molar-refractivity contribution in [3.05, 3.63) is 41.2 Å². The molecular weight excluding hydrogens is 444 g/mol. The number of anilines is 4. The van der Waals surface area contributed by atoms with Crippen LogP contribution in [0.25, 0.3) is 5.52 Å². The molecule has 1 saturated heterocycles. The van der Waals surface area contributed by atoms with Gasteiger partial charge in [0.15, 0.2) is 16.8 Å². The number of hydrogen-bond acceptors (Lipinski definition) is 9. The molecule has 5 rings (SSSR count). The predicted molar refractivity (Wildman–Crippen MR) is 124 cm³/mol. The number of rotatable bonds is 6. The van der Waals surface area contributed by atoms with E-state index < -0.39 is 11.4 Å². The SMILES string of the molecule is Cc1csc(NC(=O)[C@]2(C)CCCN2c2nc(Nc3cc(C(N)=O)[nH]n3)c3cccn3n2)n1. The lowest BCUT2D eigenvalue weighted by Gasteiger charge is -2.33. The Kier molecular flexibility index (Phi) is 4.96. The zero-order valence-electron chi connectivity index (χ0n) is 18.0. The molecule has 1 fully saturated rings. The molecule has 13 heteroatoms. The van der Waals surface area contributed by atoms with Crippen molar-refractivity contribution < 1.29 is 9.59 Å². The van der Waals surface area contributed by atoms with Gasteiger partial charge in [-0.1, -0.05) is 0 Å². The normalized spacial score (nSPS) is 18.1. The van der Waals surface area contributed by atoms with E-state index in [0.29, 0.717) is 41.2 Å². The number of carbonyl (C=O) groups is 2. The van der Waals surface area contributed by atoms with E-state index in [9.17, 15) is 9.59 Å². The van der Waals surface area contributed by atoms with E-state index >= 15 is 0 Å². The molecule has 1 aliphatic heterocycles. The van der Waals surface area contributed by atoms with E-state index in [2.05, 4.69) is 30.9 Å². The van der Waals surface area contributed by atoms with Crippen molar-refractivity contribution in [3.63, 3.8) is 0 Å². The van der Waals surface area contributed by atoms with Gasteiger partial charge in [0.25, 0.3) is 11.8 Å². The first kappa shape index (κ1) is 20.9. The van der Waals surface area contributed by atoms with Crippen LogP contribution in [0.5, 0.6) is 0 Å². The van der Waals surface area contributed by atoms with Crippen LogP contribution in [0.2, 0.25) is 0 Å². The maximum atomic E-state index is 13.3. The highest BCUT2D eigenvalue weighted by molar-refractivity contribution is 7.13. The molecule has 0 bridgehead atoms. The first-order valence-electron chi connectivity index (χ1n) is 10.3. The molecule has 5 N–H and O–H groups in total. The van der Waals surface area contributed by atoms with Crippen molar-refractivity contribution in [2.45, 2.75) is 32.2 Å². The number of hydrogen-bond donors (Lipinski definition) is 4. The van der Waals surface area contributed by atoms with Gasteiger partial charge in [0, 0.05) is 24.2 Å². The quantitative estimate of drug-likeness (QED) is 0.336. The van der Waals surface area contributed by atoms with Gasteiger partial charge in [-0.3, -0.25) is 20.0 Å². The van der Waals surface area contributed by atoms with Crippen molar-refractivity contribution in [2.24, 2.45) is 5.73 Å². The summed E-state index contributed by atoms with van der Waals surface area (Å²) in [6.07, 6.45) is 3.27. The minimum atomic E-state index is -0.844. The Bertz CT molecular complexity index is 1360. The number of amides is 2. The minimum absolute atomic E-state index is 0.154. The van der Waals surface area contributed by atoms with E-state index in [1.807, 2.05) is 36.3 Å². The number of nitrogens with two attached hydrogens (primary N) is 1. The summed E-state index contributed by atoms with van der Waals surface area (Å²) in [5.74, 6) is 0.507.